The van der Waals surface area contributed by atoms with E-state index in [9.17, 15) is 9.59 Å². The molecule has 0 spiro atoms. The average Bonchev–Trinajstić information content (AvgIpc) is 2.69. The molecule has 3 atom stereocenters. The molecule has 0 bridgehead atoms. The number of rotatable bonds is 5. The van der Waals surface area contributed by atoms with E-state index in [1.165, 1.54) is 7.11 Å². The Morgan fingerprint density at radius 2 is 1.81 bits per heavy atom. The van der Waals surface area contributed by atoms with E-state index in [1.54, 1.807) is 0 Å². The van der Waals surface area contributed by atoms with Crippen molar-refractivity contribution in [2.45, 2.75) is 24.9 Å². The van der Waals surface area contributed by atoms with Gasteiger partial charge in [-0.3, -0.25) is 10.1 Å². The minimum Gasteiger partial charge on any atom is -0.469 e. The number of nitrogens with one attached hydrogen (secondary N) is 1. The first-order chi connectivity index (χ1) is 12.6. The van der Waals surface area contributed by atoms with Gasteiger partial charge in [0.05, 0.1) is 19.6 Å². The summed E-state index contributed by atoms with van der Waals surface area (Å²) in [4.78, 5) is 24.9. The summed E-state index contributed by atoms with van der Waals surface area (Å²) in [5.74, 6) is -1.08. The first kappa shape index (κ1) is 18.1. The summed E-state index contributed by atoms with van der Waals surface area (Å²) in [6.07, 6.45) is 0.106. The second-order valence-electron chi connectivity index (χ2n) is 6.56. The number of hydrogen-bond donors (Lipinski definition) is 1. The molecule has 0 aliphatic carbocycles. The zero-order valence-corrected chi connectivity index (χ0v) is 15.0. The molecule has 1 saturated heterocycles. The van der Waals surface area contributed by atoms with Crippen LogP contribution in [0.25, 0.3) is 0 Å². The Balaban J connectivity index is 2.03. The van der Waals surface area contributed by atoms with Crippen molar-refractivity contribution in [1.82, 2.24) is 5.32 Å². The van der Waals surface area contributed by atoms with E-state index >= 15 is 0 Å². The van der Waals surface area contributed by atoms with Gasteiger partial charge in [0.1, 0.15) is 12.1 Å². The number of methoxy groups -OCH3 is 1. The number of morpholine rings is 1. The van der Waals surface area contributed by atoms with Gasteiger partial charge in [0.15, 0.2) is 0 Å². The summed E-state index contributed by atoms with van der Waals surface area (Å²) < 4.78 is 10.4. The maximum atomic E-state index is 13.0. The number of carbonyl (C=O) groups is 2. The molecule has 1 N–H and O–H groups in total. The van der Waals surface area contributed by atoms with Crippen molar-refractivity contribution in [3.63, 3.8) is 0 Å². The lowest BCUT2D eigenvalue weighted by atomic mass is 9.75. The van der Waals surface area contributed by atoms with Gasteiger partial charge in [-0.1, -0.05) is 67.6 Å². The smallest absolute Gasteiger partial charge is 0.331 e. The fourth-order valence-electron chi connectivity index (χ4n) is 3.53. The normalized spacial score (nSPS) is 23.8. The SMILES string of the molecule is COC(=O)C[C@H](C)[C@]1(c2ccccc2)N[C@H](c2ccccc2)COC1=O. The van der Waals surface area contributed by atoms with Gasteiger partial charge >= 0.3 is 11.9 Å². The summed E-state index contributed by atoms with van der Waals surface area (Å²) in [6, 6.07) is 19.1. The molecule has 1 heterocycles. The number of ether oxygens (including phenoxy) is 2. The molecule has 0 amide bonds. The van der Waals surface area contributed by atoms with Crippen molar-refractivity contribution in [3.8, 4) is 0 Å². The van der Waals surface area contributed by atoms with E-state index in [0.29, 0.717) is 0 Å². The van der Waals surface area contributed by atoms with Crippen LogP contribution in [-0.2, 0) is 24.6 Å². The predicted molar refractivity (Wildman–Crippen MR) is 97.2 cm³/mol. The quantitative estimate of drug-likeness (QED) is 0.837. The second-order valence-corrected chi connectivity index (χ2v) is 6.56. The molecule has 0 aromatic heterocycles. The van der Waals surface area contributed by atoms with E-state index in [-0.39, 0.29) is 36.9 Å². The van der Waals surface area contributed by atoms with Crippen molar-refractivity contribution in [3.05, 3.63) is 71.8 Å². The van der Waals surface area contributed by atoms with Gasteiger partial charge in [-0.05, 0) is 17.0 Å². The van der Waals surface area contributed by atoms with E-state index in [2.05, 4.69) is 5.32 Å². The zero-order chi connectivity index (χ0) is 18.6. The topological polar surface area (TPSA) is 64.6 Å². The molecule has 2 aromatic carbocycles. The van der Waals surface area contributed by atoms with Crippen molar-refractivity contribution in [2.75, 3.05) is 13.7 Å². The first-order valence-electron chi connectivity index (χ1n) is 8.70. The molecule has 1 fully saturated rings. The summed E-state index contributed by atoms with van der Waals surface area (Å²) in [5.41, 5.74) is 0.696. The summed E-state index contributed by atoms with van der Waals surface area (Å²) in [7, 11) is 1.35. The highest BCUT2D eigenvalue weighted by molar-refractivity contribution is 5.85. The fraction of sp³-hybridized carbons (Fsp3) is 0.333. The fourth-order valence-corrected chi connectivity index (χ4v) is 3.53. The highest BCUT2D eigenvalue weighted by atomic mass is 16.5. The lowest BCUT2D eigenvalue weighted by Crippen LogP contribution is -2.60. The third-order valence-electron chi connectivity index (χ3n) is 4.98. The zero-order valence-electron chi connectivity index (χ0n) is 15.0. The number of hydrogen-bond acceptors (Lipinski definition) is 5. The molecule has 2 aromatic rings. The van der Waals surface area contributed by atoms with Crippen LogP contribution in [0.2, 0.25) is 0 Å². The maximum absolute atomic E-state index is 13.0. The molecule has 0 saturated carbocycles. The first-order valence-corrected chi connectivity index (χ1v) is 8.70. The van der Waals surface area contributed by atoms with Gasteiger partial charge < -0.3 is 9.47 Å². The second kappa shape index (κ2) is 7.70. The van der Waals surface area contributed by atoms with Gasteiger partial charge in [-0.25, -0.2) is 4.79 Å². The Bertz CT molecular complexity index is 762. The van der Waals surface area contributed by atoms with Crippen molar-refractivity contribution in [2.24, 2.45) is 5.92 Å². The lowest BCUT2D eigenvalue weighted by molar-refractivity contribution is -0.164. The highest BCUT2D eigenvalue weighted by Crippen LogP contribution is 2.39. The number of esters is 2. The Morgan fingerprint density at radius 1 is 1.19 bits per heavy atom. The molecule has 136 valence electrons. The molecule has 1 aliphatic heterocycles. The van der Waals surface area contributed by atoms with Crippen molar-refractivity contribution >= 4 is 11.9 Å². The molecule has 5 nitrogen and oxygen atoms in total. The molecular formula is C21H23NO4. The minimum atomic E-state index is -1.12. The largest absolute Gasteiger partial charge is 0.469 e. The average molecular weight is 353 g/mol. The Hall–Kier alpha value is -2.66. The molecule has 0 radical (unpaired) electrons. The van der Waals surface area contributed by atoms with Crippen molar-refractivity contribution < 1.29 is 19.1 Å². The van der Waals surface area contributed by atoms with Crippen molar-refractivity contribution in [1.29, 1.82) is 0 Å². The van der Waals surface area contributed by atoms with Gasteiger partial charge in [-0.2, -0.15) is 0 Å². The number of cyclic esters (lactones) is 1. The van der Waals surface area contributed by atoms with Crippen LogP contribution in [0.3, 0.4) is 0 Å². The van der Waals surface area contributed by atoms with Crippen LogP contribution in [0, 0.1) is 5.92 Å². The predicted octanol–water partition coefficient (Wildman–Crippen LogP) is 2.97. The molecular weight excluding hydrogens is 330 g/mol. The van der Waals surface area contributed by atoms with Crippen LogP contribution < -0.4 is 5.32 Å². The van der Waals surface area contributed by atoms with E-state index < -0.39 is 5.54 Å². The summed E-state index contributed by atoms with van der Waals surface area (Å²) in [5, 5.41) is 3.50. The van der Waals surface area contributed by atoms with Crippen LogP contribution in [0.4, 0.5) is 0 Å². The number of carbonyl (C=O) groups excluding carboxylic acids is 2. The van der Waals surface area contributed by atoms with E-state index in [0.717, 1.165) is 11.1 Å². The summed E-state index contributed by atoms with van der Waals surface area (Å²) >= 11 is 0. The van der Waals surface area contributed by atoms with E-state index in [4.69, 9.17) is 9.47 Å². The van der Waals surface area contributed by atoms with Gasteiger partial charge in [0.2, 0.25) is 0 Å². The lowest BCUT2D eigenvalue weighted by Gasteiger charge is -2.44. The van der Waals surface area contributed by atoms with Crippen LogP contribution in [-0.4, -0.2) is 25.7 Å². The van der Waals surface area contributed by atoms with Gasteiger partial charge in [0.25, 0.3) is 0 Å². The number of benzene rings is 2. The van der Waals surface area contributed by atoms with Gasteiger partial charge in [0, 0.05) is 0 Å². The standard InChI is InChI=1S/C21H23NO4/c1-15(13-19(23)25-2)21(17-11-7-4-8-12-17)20(24)26-14-18(22-21)16-9-5-3-6-10-16/h3-12,15,18,22H,13-14H2,1-2H3/t15-,18-,21+/m0/s1. The van der Waals surface area contributed by atoms with Gasteiger partial charge in [-0.15, -0.1) is 0 Å². The van der Waals surface area contributed by atoms with Crippen LogP contribution in [0.1, 0.15) is 30.5 Å². The van der Waals surface area contributed by atoms with Crippen LogP contribution in [0.15, 0.2) is 60.7 Å². The third kappa shape index (κ3) is 3.35. The molecule has 5 heteroatoms. The molecule has 26 heavy (non-hydrogen) atoms. The summed E-state index contributed by atoms with van der Waals surface area (Å²) in [6.45, 7) is 2.12. The molecule has 1 aliphatic rings. The Kier molecular flexibility index (Phi) is 5.38. The Morgan fingerprint density at radius 3 is 2.42 bits per heavy atom. The maximum Gasteiger partial charge on any atom is 0.331 e. The highest BCUT2D eigenvalue weighted by Gasteiger charge is 2.51. The monoisotopic (exact) mass is 353 g/mol. The minimum absolute atomic E-state index is 0.106. The van der Waals surface area contributed by atoms with Crippen LogP contribution >= 0.6 is 0 Å². The Labute approximate surface area is 153 Å². The van der Waals surface area contributed by atoms with Crippen LogP contribution in [0.5, 0.6) is 0 Å². The molecule has 0 unspecified atom stereocenters. The third-order valence-corrected chi connectivity index (χ3v) is 4.98. The molecule has 3 rings (SSSR count). The van der Waals surface area contributed by atoms with E-state index in [1.807, 2.05) is 67.6 Å².